The predicted octanol–water partition coefficient (Wildman–Crippen LogP) is -9.89. The van der Waals surface area contributed by atoms with Crippen LogP contribution >= 0.6 is 0 Å². The van der Waals surface area contributed by atoms with Gasteiger partial charge >= 0.3 is 88.7 Å². The number of azo groups is 1. The van der Waals surface area contributed by atoms with Crippen LogP contribution in [-0.2, 0) is 29.8 Å². The molecule has 0 N–H and O–H groups in total. The van der Waals surface area contributed by atoms with Crippen LogP contribution < -0.4 is 98.8 Å². The second-order valence-corrected chi connectivity index (χ2v) is 8.64. The van der Waals surface area contributed by atoms with E-state index in [1.54, 1.807) is 0 Å². The van der Waals surface area contributed by atoms with Crippen molar-refractivity contribution in [3.05, 3.63) is 48.5 Å². The van der Waals surface area contributed by atoms with Gasteiger partial charge in [-0.15, -0.1) is 0 Å². The van der Waals surface area contributed by atoms with Crippen LogP contribution in [0.5, 0.6) is 0 Å². The fourth-order valence-corrected chi connectivity index (χ4v) is 3.59. The summed E-state index contributed by atoms with van der Waals surface area (Å²) in [5, 5.41) is 22.6. The number of carbonyl (C=O) groups excluding carboxylic acids is 2. The van der Waals surface area contributed by atoms with Crippen molar-refractivity contribution >= 4 is 49.2 Å². The molecule has 162 valence electrons. The Bertz CT molecular complexity index is 1350. The van der Waals surface area contributed by atoms with E-state index >= 15 is 0 Å². The predicted molar refractivity (Wildman–Crippen MR) is 97.0 cm³/mol. The molecule has 0 saturated carbocycles. The number of rotatable bonds is 6. The van der Waals surface area contributed by atoms with Crippen LogP contribution in [0, 0.1) is 0 Å². The van der Waals surface area contributed by atoms with Crippen molar-refractivity contribution in [3.8, 4) is 0 Å². The van der Waals surface area contributed by atoms with Crippen molar-refractivity contribution in [3.63, 3.8) is 0 Å². The van der Waals surface area contributed by atoms with E-state index in [0.29, 0.717) is 5.01 Å². The first kappa shape index (κ1) is 33.5. The van der Waals surface area contributed by atoms with Crippen LogP contribution in [0.3, 0.4) is 0 Å². The maximum absolute atomic E-state index is 12.6. The summed E-state index contributed by atoms with van der Waals surface area (Å²) in [6.45, 7) is 0. The zero-order valence-corrected chi connectivity index (χ0v) is 25.6. The van der Waals surface area contributed by atoms with E-state index in [9.17, 15) is 40.6 Å². The normalized spacial score (nSPS) is 15.7. The van der Waals surface area contributed by atoms with Crippen molar-refractivity contribution in [1.82, 2.24) is 0 Å². The second kappa shape index (κ2) is 13.1. The summed E-state index contributed by atoms with van der Waals surface area (Å²) in [5.41, 5.74) is -1.38. The van der Waals surface area contributed by atoms with E-state index in [2.05, 4.69) is 15.3 Å². The van der Waals surface area contributed by atoms with Gasteiger partial charge in [0, 0.05) is 0 Å². The zero-order valence-electron chi connectivity index (χ0n) is 18.0. The van der Waals surface area contributed by atoms with Crippen molar-refractivity contribution in [2.45, 2.75) is 15.8 Å². The molecule has 1 atom stereocenters. The first-order chi connectivity index (χ1) is 14.4. The monoisotopic (exact) mass is 534 g/mol. The van der Waals surface area contributed by atoms with Gasteiger partial charge in [-0.2, -0.15) is 20.3 Å². The molecule has 1 aliphatic heterocycles. The molecule has 0 aliphatic carbocycles. The van der Waals surface area contributed by atoms with Gasteiger partial charge in [0.1, 0.15) is 31.6 Å². The number of carboxylic acids is 1. The topological polar surface area (TPSA) is 212 Å². The number of hydrogen-bond acceptors (Lipinski definition) is 12. The number of aliphatic carboxylic acids is 1. The number of carboxylic acid groups (broad SMARTS) is 1. The summed E-state index contributed by atoms with van der Waals surface area (Å²) in [6, 6.07) is 6.69. The molecule has 18 heteroatoms. The summed E-state index contributed by atoms with van der Waals surface area (Å²) < 4.78 is 66.9. The molecule has 2 aromatic rings. The largest absolute Gasteiger partial charge is 1.00 e. The number of hydrogen-bond donors (Lipinski definition) is 0. The van der Waals surface area contributed by atoms with Gasteiger partial charge in [-0.1, -0.05) is 12.1 Å². The van der Waals surface area contributed by atoms with Crippen molar-refractivity contribution in [1.29, 1.82) is 0 Å². The Morgan fingerprint density at radius 3 is 1.97 bits per heavy atom. The Morgan fingerprint density at radius 1 is 0.912 bits per heavy atom. The van der Waals surface area contributed by atoms with Gasteiger partial charge in [0.05, 0.1) is 21.4 Å². The molecule has 0 aromatic heterocycles. The average Bonchev–Trinajstić information content (AvgIpc) is 3.02. The molecular formula is C16H9N4Na3O9S2. The Hall–Kier alpha value is -0.530. The molecule has 0 bridgehead atoms. The third-order valence-corrected chi connectivity index (χ3v) is 5.64. The third-order valence-electron chi connectivity index (χ3n) is 3.90. The van der Waals surface area contributed by atoms with Gasteiger partial charge < -0.3 is 19.0 Å². The third kappa shape index (κ3) is 7.73. The minimum Gasteiger partial charge on any atom is -0.744 e. The number of anilines is 1. The molecule has 1 heterocycles. The Labute approximate surface area is 260 Å². The molecule has 1 unspecified atom stereocenters. The maximum Gasteiger partial charge on any atom is 1.00 e. The number of nitrogens with zero attached hydrogens (tertiary/aromatic N) is 4. The van der Waals surface area contributed by atoms with Crippen LogP contribution in [0.15, 0.2) is 73.7 Å². The summed E-state index contributed by atoms with van der Waals surface area (Å²) in [7, 11) is -9.67. The van der Waals surface area contributed by atoms with Crippen LogP contribution in [0.1, 0.15) is 0 Å². The number of carbonyl (C=O) groups is 2. The molecule has 34 heavy (non-hydrogen) atoms. The summed E-state index contributed by atoms with van der Waals surface area (Å²) in [4.78, 5) is 22.7. The van der Waals surface area contributed by atoms with Gasteiger partial charge in [0.25, 0.3) is 5.91 Å². The Kier molecular flexibility index (Phi) is 12.9. The Morgan fingerprint density at radius 2 is 1.47 bits per heavy atom. The molecule has 1 aliphatic rings. The van der Waals surface area contributed by atoms with E-state index in [-0.39, 0.29) is 94.4 Å². The standard InChI is InChI=1S/C16H12N4O9S2.3Na/c21-15-13(18-17-11-3-1-2-4-12(11)31(27,28)29)14(16(22)23)19-20(15)9-5-7-10(8-6-9)30(24,25)26;;;/h1-8,13H,(H,22,23)(H,24,25,26)(H,27,28,29);;;/q;3*+1/p-3. The minimum atomic E-state index is -4.93. The quantitative estimate of drug-likeness (QED) is 0.195. The first-order valence-corrected chi connectivity index (χ1v) is 10.9. The Balaban J connectivity index is 0.00000363. The molecule has 13 nitrogen and oxygen atoms in total. The SMILES string of the molecule is O=C([O-])C1=NN(c2ccc(S(=O)(=O)[O-])cc2)C(=O)C1N=Nc1ccccc1S(=O)(=O)[O-].[Na+].[Na+].[Na+]. The molecule has 0 fully saturated rings. The summed E-state index contributed by atoms with van der Waals surface area (Å²) in [6.07, 6.45) is 0. The molecule has 3 rings (SSSR count). The van der Waals surface area contributed by atoms with Crippen LogP contribution in [-0.4, -0.2) is 49.6 Å². The van der Waals surface area contributed by atoms with E-state index < -0.39 is 59.3 Å². The average molecular weight is 534 g/mol. The number of hydrazone groups is 1. The van der Waals surface area contributed by atoms with Crippen molar-refractivity contribution in [2.24, 2.45) is 15.3 Å². The molecule has 0 spiro atoms. The molecule has 0 radical (unpaired) electrons. The van der Waals surface area contributed by atoms with Gasteiger partial charge in [0.15, 0.2) is 6.04 Å². The summed E-state index contributed by atoms with van der Waals surface area (Å²) in [5.74, 6) is -2.91. The number of benzene rings is 2. The molecular weight excluding hydrogens is 525 g/mol. The van der Waals surface area contributed by atoms with Crippen LogP contribution in [0.2, 0.25) is 0 Å². The molecule has 0 saturated heterocycles. The van der Waals surface area contributed by atoms with E-state index in [1.807, 2.05) is 0 Å². The van der Waals surface area contributed by atoms with Gasteiger partial charge in [-0.25, -0.2) is 16.8 Å². The molecule has 1 amide bonds. The zero-order chi connectivity index (χ0) is 23.0. The first-order valence-electron chi connectivity index (χ1n) is 8.05. The van der Waals surface area contributed by atoms with Gasteiger partial charge in [0.2, 0.25) is 0 Å². The summed E-state index contributed by atoms with van der Waals surface area (Å²) >= 11 is 0. The van der Waals surface area contributed by atoms with E-state index in [4.69, 9.17) is 0 Å². The van der Waals surface area contributed by atoms with E-state index in [1.165, 1.54) is 12.1 Å². The van der Waals surface area contributed by atoms with Crippen LogP contribution in [0.25, 0.3) is 0 Å². The number of amides is 1. The van der Waals surface area contributed by atoms with E-state index in [0.717, 1.165) is 36.4 Å². The second-order valence-electron chi connectivity index (χ2n) is 5.91. The minimum absolute atomic E-state index is 0. The fourth-order valence-electron chi connectivity index (χ4n) is 2.51. The van der Waals surface area contributed by atoms with Gasteiger partial charge in [-0.3, -0.25) is 4.79 Å². The fraction of sp³-hybridized carbons (Fsp3) is 0.0625. The van der Waals surface area contributed by atoms with Crippen LogP contribution in [0.4, 0.5) is 11.4 Å². The smallest absolute Gasteiger partial charge is 0.744 e. The molecule has 2 aromatic carbocycles. The van der Waals surface area contributed by atoms with Gasteiger partial charge in [-0.05, 0) is 36.4 Å². The van der Waals surface area contributed by atoms with Crippen molar-refractivity contribution in [2.75, 3.05) is 5.01 Å². The maximum atomic E-state index is 12.6. The van der Waals surface area contributed by atoms with Crippen molar-refractivity contribution < 1.29 is 129 Å².